The molecule has 1 heteroatoms. The first kappa shape index (κ1) is 11.7. The molecular weight excluding hydrogens is 194 g/mol. The number of rotatable bonds is 2. The maximum Gasteiger partial charge on any atom is 0.0348 e. The van der Waals surface area contributed by atoms with Crippen LogP contribution in [0, 0.1) is 11.8 Å². The van der Waals surface area contributed by atoms with Crippen molar-refractivity contribution in [1.29, 1.82) is 0 Å². The second-order valence-corrected chi connectivity index (χ2v) is 5.64. The van der Waals surface area contributed by atoms with Crippen molar-refractivity contribution < 1.29 is 0 Å². The molecule has 1 aromatic rings. The van der Waals surface area contributed by atoms with Crippen LogP contribution in [0.15, 0.2) is 24.3 Å². The molecule has 1 aliphatic heterocycles. The average molecular weight is 217 g/mol. The second-order valence-electron chi connectivity index (χ2n) is 5.64. The summed E-state index contributed by atoms with van der Waals surface area (Å²) in [5, 5.41) is 3.81. The first-order valence-corrected chi connectivity index (χ1v) is 6.43. The van der Waals surface area contributed by atoms with Crippen LogP contribution in [-0.2, 0) is 6.42 Å². The maximum atomic E-state index is 3.81. The predicted molar refractivity (Wildman–Crippen MR) is 69.5 cm³/mol. The van der Waals surface area contributed by atoms with Crippen LogP contribution >= 0.6 is 0 Å². The number of nitrogens with one attached hydrogen (secondary N) is 1. The van der Waals surface area contributed by atoms with Gasteiger partial charge in [0.25, 0.3) is 0 Å². The van der Waals surface area contributed by atoms with Gasteiger partial charge in [-0.25, -0.2) is 0 Å². The van der Waals surface area contributed by atoms with Crippen LogP contribution in [-0.4, -0.2) is 6.04 Å². The molecule has 0 saturated carbocycles. The van der Waals surface area contributed by atoms with Crippen molar-refractivity contribution in [2.45, 2.75) is 46.2 Å². The van der Waals surface area contributed by atoms with Crippen LogP contribution < -0.4 is 5.32 Å². The van der Waals surface area contributed by atoms with E-state index in [0.717, 1.165) is 0 Å². The average Bonchev–Trinajstić information content (AvgIpc) is 2.27. The second kappa shape index (κ2) is 4.58. The Bertz CT molecular complexity index is 354. The lowest BCUT2D eigenvalue weighted by Gasteiger charge is -2.37. The molecule has 2 atom stereocenters. The van der Waals surface area contributed by atoms with Gasteiger partial charge in [-0.1, -0.05) is 52.0 Å². The van der Waals surface area contributed by atoms with Gasteiger partial charge in [0.1, 0.15) is 0 Å². The van der Waals surface area contributed by atoms with Gasteiger partial charge in [-0.3, -0.25) is 0 Å². The SMILES string of the molecule is CC(C)C1Cc2ccccc2C(C(C)C)N1. The van der Waals surface area contributed by atoms with Crippen molar-refractivity contribution in [3.8, 4) is 0 Å². The molecular formula is C15H23N. The van der Waals surface area contributed by atoms with Gasteiger partial charge in [-0.15, -0.1) is 0 Å². The summed E-state index contributed by atoms with van der Waals surface area (Å²) in [7, 11) is 0. The molecule has 88 valence electrons. The van der Waals surface area contributed by atoms with E-state index in [1.54, 1.807) is 5.56 Å². The van der Waals surface area contributed by atoms with E-state index in [2.05, 4.69) is 57.3 Å². The van der Waals surface area contributed by atoms with Crippen molar-refractivity contribution in [3.63, 3.8) is 0 Å². The molecule has 1 aliphatic rings. The monoisotopic (exact) mass is 217 g/mol. The van der Waals surface area contributed by atoms with Gasteiger partial charge in [-0.2, -0.15) is 0 Å². The quantitative estimate of drug-likeness (QED) is 0.798. The minimum atomic E-state index is 0.525. The van der Waals surface area contributed by atoms with E-state index >= 15 is 0 Å². The van der Waals surface area contributed by atoms with E-state index in [-0.39, 0.29) is 0 Å². The molecule has 0 saturated heterocycles. The molecule has 1 N–H and O–H groups in total. The zero-order chi connectivity index (χ0) is 11.7. The summed E-state index contributed by atoms with van der Waals surface area (Å²) in [6.07, 6.45) is 1.18. The summed E-state index contributed by atoms with van der Waals surface area (Å²) in [5.74, 6) is 1.36. The van der Waals surface area contributed by atoms with Crippen LogP contribution in [0.1, 0.15) is 44.9 Å². The van der Waals surface area contributed by atoms with E-state index in [1.165, 1.54) is 12.0 Å². The molecule has 1 heterocycles. The third-order valence-electron chi connectivity index (χ3n) is 3.70. The lowest BCUT2D eigenvalue weighted by atomic mass is 9.82. The summed E-state index contributed by atoms with van der Waals surface area (Å²) in [4.78, 5) is 0. The van der Waals surface area contributed by atoms with Gasteiger partial charge >= 0.3 is 0 Å². The van der Waals surface area contributed by atoms with Gasteiger partial charge in [0.15, 0.2) is 0 Å². The lowest BCUT2D eigenvalue weighted by molar-refractivity contribution is 0.286. The van der Waals surface area contributed by atoms with Crippen LogP contribution in [0.4, 0.5) is 0 Å². The van der Waals surface area contributed by atoms with Gasteiger partial charge in [0.2, 0.25) is 0 Å². The standard InChI is InChI=1S/C15H23N/c1-10(2)14-9-12-7-5-6-8-13(12)15(16-14)11(3)4/h5-8,10-11,14-16H,9H2,1-4H3. The van der Waals surface area contributed by atoms with Crippen LogP contribution in [0.5, 0.6) is 0 Å². The van der Waals surface area contributed by atoms with Crippen molar-refractivity contribution in [2.24, 2.45) is 11.8 Å². The molecule has 1 nitrogen and oxygen atoms in total. The zero-order valence-electron chi connectivity index (χ0n) is 10.8. The molecule has 0 spiro atoms. The van der Waals surface area contributed by atoms with Gasteiger partial charge in [0.05, 0.1) is 0 Å². The molecule has 0 aromatic heterocycles. The summed E-state index contributed by atoms with van der Waals surface area (Å²) in [6, 6.07) is 10.1. The smallest absolute Gasteiger partial charge is 0.0348 e. The third-order valence-corrected chi connectivity index (χ3v) is 3.70. The predicted octanol–water partition coefficient (Wildman–Crippen LogP) is 3.55. The number of hydrogen-bond acceptors (Lipinski definition) is 1. The highest BCUT2D eigenvalue weighted by atomic mass is 15.0. The number of benzene rings is 1. The largest absolute Gasteiger partial charge is 0.306 e. The van der Waals surface area contributed by atoms with E-state index in [4.69, 9.17) is 0 Å². The lowest BCUT2D eigenvalue weighted by Crippen LogP contribution is -2.44. The van der Waals surface area contributed by atoms with E-state index in [1.807, 2.05) is 0 Å². The zero-order valence-corrected chi connectivity index (χ0v) is 10.8. The Morgan fingerprint density at radius 3 is 2.38 bits per heavy atom. The third kappa shape index (κ3) is 2.15. The molecule has 0 radical (unpaired) electrons. The number of hydrogen-bond donors (Lipinski definition) is 1. The number of fused-ring (bicyclic) bond motifs is 1. The first-order chi connectivity index (χ1) is 7.59. The highest BCUT2D eigenvalue weighted by Gasteiger charge is 2.28. The van der Waals surface area contributed by atoms with E-state index < -0.39 is 0 Å². The summed E-state index contributed by atoms with van der Waals surface area (Å²) < 4.78 is 0. The highest BCUT2D eigenvalue weighted by Crippen LogP contribution is 2.31. The van der Waals surface area contributed by atoms with Crippen molar-refractivity contribution in [2.75, 3.05) is 0 Å². The maximum absolute atomic E-state index is 3.81. The Kier molecular flexibility index (Phi) is 3.34. The van der Waals surface area contributed by atoms with Crippen LogP contribution in [0.25, 0.3) is 0 Å². The highest BCUT2D eigenvalue weighted by molar-refractivity contribution is 5.33. The van der Waals surface area contributed by atoms with Crippen molar-refractivity contribution in [1.82, 2.24) is 5.32 Å². The molecule has 0 fully saturated rings. The van der Waals surface area contributed by atoms with Crippen LogP contribution in [0.2, 0.25) is 0 Å². The van der Waals surface area contributed by atoms with Crippen molar-refractivity contribution >= 4 is 0 Å². The molecule has 0 amide bonds. The Balaban J connectivity index is 2.33. The summed E-state index contributed by atoms with van der Waals surface area (Å²) in [6.45, 7) is 9.22. The molecule has 2 unspecified atom stereocenters. The molecule has 16 heavy (non-hydrogen) atoms. The van der Waals surface area contributed by atoms with E-state index in [9.17, 15) is 0 Å². The summed E-state index contributed by atoms with van der Waals surface area (Å²) in [5.41, 5.74) is 3.05. The Morgan fingerprint density at radius 1 is 1.06 bits per heavy atom. The molecule has 0 bridgehead atoms. The fourth-order valence-electron chi connectivity index (χ4n) is 2.62. The Hall–Kier alpha value is -0.820. The molecule has 0 aliphatic carbocycles. The van der Waals surface area contributed by atoms with E-state index in [0.29, 0.717) is 23.9 Å². The fraction of sp³-hybridized carbons (Fsp3) is 0.600. The van der Waals surface area contributed by atoms with Crippen LogP contribution in [0.3, 0.4) is 0 Å². The summed E-state index contributed by atoms with van der Waals surface area (Å²) >= 11 is 0. The first-order valence-electron chi connectivity index (χ1n) is 6.43. The van der Waals surface area contributed by atoms with Gasteiger partial charge < -0.3 is 5.32 Å². The fourth-order valence-corrected chi connectivity index (χ4v) is 2.62. The minimum Gasteiger partial charge on any atom is -0.306 e. The van der Waals surface area contributed by atoms with Gasteiger partial charge in [-0.05, 0) is 29.4 Å². The topological polar surface area (TPSA) is 12.0 Å². The molecule has 1 aromatic carbocycles. The minimum absolute atomic E-state index is 0.525. The van der Waals surface area contributed by atoms with Crippen molar-refractivity contribution in [3.05, 3.63) is 35.4 Å². The normalized spacial score (nSPS) is 24.9. The Morgan fingerprint density at radius 2 is 1.75 bits per heavy atom. The Labute approximate surface area is 99.3 Å². The molecule has 2 rings (SSSR count). The van der Waals surface area contributed by atoms with Gasteiger partial charge in [0, 0.05) is 12.1 Å².